The summed E-state index contributed by atoms with van der Waals surface area (Å²) in [6.07, 6.45) is 4.14. The first-order valence-corrected chi connectivity index (χ1v) is 8.12. The molecule has 0 bridgehead atoms. The number of rotatable bonds is 7. The first kappa shape index (κ1) is 19.5. The van der Waals surface area contributed by atoms with E-state index in [1.54, 1.807) is 13.3 Å². The van der Waals surface area contributed by atoms with Crippen molar-refractivity contribution in [2.75, 3.05) is 20.3 Å². The fourth-order valence-corrected chi connectivity index (χ4v) is 3.30. The molecule has 0 aromatic heterocycles. The van der Waals surface area contributed by atoms with Crippen molar-refractivity contribution in [2.24, 2.45) is 0 Å². The second kappa shape index (κ2) is 8.32. The first-order valence-electron chi connectivity index (χ1n) is 8.12. The number of hydrogen-bond acceptors (Lipinski definition) is 5. The van der Waals surface area contributed by atoms with Gasteiger partial charge in [-0.05, 0) is 47.0 Å². The van der Waals surface area contributed by atoms with Crippen LogP contribution in [0.4, 0.5) is 0 Å². The number of amides is 1. The lowest BCUT2D eigenvalue weighted by atomic mass is 9.80. The highest BCUT2D eigenvalue weighted by Crippen LogP contribution is 2.28. The molecule has 1 aliphatic rings. The van der Waals surface area contributed by atoms with Gasteiger partial charge < -0.3 is 20.7 Å². The lowest BCUT2D eigenvalue weighted by molar-refractivity contribution is -0.117. The number of piperidine rings is 1. The minimum atomic E-state index is -0.344. The molecule has 1 saturated heterocycles. The number of hydrogen-bond donors (Lipinski definition) is 3. The standard InChI is InChI=1S/C17H30N4O2/c1-16(2)9-14(10-17(3,4)21-16)20-12-13(11-18)15(22)19-7-6-8-23-5/h12,14,20-21H,6-10H2,1-5H3,(H,19,22)/b13-12-. The molecule has 1 amide bonds. The fraction of sp³-hybridized carbons (Fsp3) is 0.765. The van der Waals surface area contributed by atoms with Gasteiger partial charge in [-0.2, -0.15) is 5.26 Å². The summed E-state index contributed by atoms with van der Waals surface area (Å²) in [5.41, 5.74) is 0.141. The van der Waals surface area contributed by atoms with Crippen molar-refractivity contribution < 1.29 is 9.53 Å². The molecule has 6 heteroatoms. The van der Waals surface area contributed by atoms with E-state index < -0.39 is 0 Å². The van der Waals surface area contributed by atoms with Gasteiger partial charge in [0, 0.05) is 43.6 Å². The molecule has 0 aliphatic carbocycles. The molecule has 0 aromatic rings. The zero-order valence-electron chi connectivity index (χ0n) is 15.0. The van der Waals surface area contributed by atoms with Crippen LogP contribution in [-0.4, -0.2) is 43.3 Å². The Morgan fingerprint density at radius 1 is 1.35 bits per heavy atom. The molecule has 130 valence electrons. The number of carbonyl (C=O) groups is 1. The van der Waals surface area contributed by atoms with E-state index in [2.05, 4.69) is 43.6 Å². The SMILES string of the molecule is COCCCNC(=O)/C(C#N)=C\NC1CC(C)(C)NC(C)(C)C1. The van der Waals surface area contributed by atoms with Gasteiger partial charge in [0.2, 0.25) is 0 Å². The maximum Gasteiger partial charge on any atom is 0.263 e. The molecule has 3 N–H and O–H groups in total. The largest absolute Gasteiger partial charge is 0.387 e. The highest BCUT2D eigenvalue weighted by atomic mass is 16.5. The van der Waals surface area contributed by atoms with Crippen molar-refractivity contribution in [3.05, 3.63) is 11.8 Å². The summed E-state index contributed by atoms with van der Waals surface area (Å²) in [7, 11) is 1.62. The van der Waals surface area contributed by atoms with Gasteiger partial charge in [-0.15, -0.1) is 0 Å². The Balaban J connectivity index is 2.58. The van der Waals surface area contributed by atoms with Crippen molar-refractivity contribution in [3.63, 3.8) is 0 Å². The zero-order chi connectivity index (χ0) is 17.5. The summed E-state index contributed by atoms with van der Waals surface area (Å²) >= 11 is 0. The molecule has 1 aliphatic heterocycles. The average molecular weight is 322 g/mol. The highest BCUT2D eigenvalue weighted by Gasteiger charge is 2.37. The Morgan fingerprint density at radius 2 is 1.96 bits per heavy atom. The number of ether oxygens (including phenoxy) is 1. The van der Waals surface area contributed by atoms with E-state index >= 15 is 0 Å². The maximum absolute atomic E-state index is 12.0. The number of methoxy groups -OCH3 is 1. The van der Waals surface area contributed by atoms with E-state index in [4.69, 9.17) is 4.74 Å². The number of carbonyl (C=O) groups excluding carboxylic acids is 1. The molecular weight excluding hydrogens is 292 g/mol. The summed E-state index contributed by atoms with van der Waals surface area (Å²) < 4.78 is 4.93. The lowest BCUT2D eigenvalue weighted by Gasteiger charge is -2.46. The van der Waals surface area contributed by atoms with Gasteiger partial charge in [0.25, 0.3) is 5.91 Å². The van der Waals surface area contributed by atoms with Crippen LogP contribution in [0.2, 0.25) is 0 Å². The minimum Gasteiger partial charge on any atom is -0.387 e. The molecule has 1 rings (SSSR count). The predicted molar refractivity (Wildman–Crippen MR) is 90.7 cm³/mol. The summed E-state index contributed by atoms with van der Waals surface area (Å²) in [5.74, 6) is -0.344. The molecule has 0 radical (unpaired) electrons. The monoisotopic (exact) mass is 322 g/mol. The van der Waals surface area contributed by atoms with Crippen LogP contribution in [0.3, 0.4) is 0 Å². The van der Waals surface area contributed by atoms with Gasteiger partial charge in [0.15, 0.2) is 0 Å². The van der Waals surface area contributed by atoms with Crippen molar-refractivity contribution in [2.45, 2.75) is 64.1 Å². The van der Waals surface area contributed by atoms with Crippen LogP contribution in [0.1, 0.15) is 47.0 Å². The van der Waals surface area contributed by atoms with Gasteiger partial charge in [0.1, 0.15) is 11.6 Å². The summed E-state index contributed by atoms with van der Waals surface area (Å²) in [5, 5.41) is 18.8. The average Bonchev–Trinajstić information content (AvgIpc) is 2.41. The smallest absolute Gasteiger partial charge is 0.263 e. The molecular formula is C17H30N4O2. The van der Waals surface area contributed by atoms with E-state index in [-0.39, 0.29) is 28.6 Å². The van der Waals surface area contributed by atoms with Crippen LogP contribution in [0, 0.1) is 11.3 Å². The van der Waals surface area contributed by atoms with Crippen molar-refractivity contribution in [1.82, 2.24) is 16.0 Å². The van der Waals surface area contributed by atoms with Crippen LogP contribution in [-0.2, 0) is 9.53 Å². The van der Waals surface area contributed by atoms with Crippen molar-refractivity contribution in [3.8, 4) is 6.07 Å². The van der Waals surface area contributed by atoms with Crippen molar-refractivity contribution >= 4 is 5.91 Å². The van der Waals surface area contributed by atoms with E-state index in [0.717, 1.165) is 19.3 Å². The molecule has 1 fully saturated rings. The van der Waals surface area contributed by atoms with E-state index in [0.29, 0.717) is 13.2 Å². The lowest BCUT2D eigenvalue weighted by Crippen LogP contribution is -2.61. The zero-order valence-corrected chi connectivity index (χ0v) is 15.0. The number of nitrogens with one attached hydrogen (secondary N) is 3. The number of nitrogens with zero attached hydrogens (tertiary/aromatic N) is 1. The topological polar surface area (TPSA) is 86.2 Å². The van der Waals surface area contributed by atoms with E-state index in [1.807, 2.05) is 6.07 Å². The van der Waals surface area contributed by atoms with E-state index in [9.17, 15) is 10.1 Å². The van der Waals surface area contributed by atoms with Crippen LogP contribution in [0.15, 0.2) is 11.8 Å². The Labute approximate surface area is 139 Å². The van der Waals surface area contributed by atoms with Gasteiger partial charge in [-0.3, -0.25) is 4.79 Å². The van der Waals surface area contributed by atoms with Crippen LogP contribution in [0.25, 0.3) is 0 Å². The Bertz CT molecular complexity index is 461. The second-order valence-corrected chi connectivity index (χ2v) is 7.44. The Kier molecular flexibility index (Phi) is 7.04. The molecule has 0 saturated carbocycles. The third-order valence-corrected chi connectivity index (χ3v) is 3.83. The van der Waals surface area contributed by atoms with Gasteiger partial charge in [0.05, 0.1) is 0 Å². The minimum absolute atomic E-state index is 0.0163. The van der Waals surface area contributed by atoms with E-state index in [1.165, 1.54) is 0 Å². The van der Waals surface area contributed by atoms with Gasteiger partial charge in [-0.1, -0.05) is 0 Å². The Hall–Kier alpha value is -1.58. The van der Waals surface area contributed by atoms with Crippen molar-refractivity contribution in [1.29, 1.82) is 5.26 Å². The number of nitriles is 1. The molecule has 0 spiro atoms. The summed E-state index contributed by atoms with van der Waals surface area (Å²) in [6, 6.07) is 2.19. The fourth-order valence-electron chi connectivity index (χ4n) is 3.30. The molecule has 1 heterocycles. The first-order chi connectivity index (χ1) is 10.7. The third kappa shape index (κ3) is 7.02. The molecule has 0 aromatic carbocycles. The predicted octanol–water partition coefficient (Wildman–Crippen LogP) is 1.45. The summed E-state index contributed by atoms with van der Waals surface area (Å²) in [4.78, 5) is 12.0. The van der Waals surface area contributed by atoms with Crippen LogP contribution >= 0.6 is 0 Å². The second-order valence-electron chi connectivity index (χ2n) is 7.44. The Morgan fingerprint density at radius 3 is 2.48 bits per heavy atom. The summed E-state index contributed by atoms with van der Waals surface area (Å²) in [6.45, 7) is 9.75. The third-order valence-electron chi connectivity index (χ3n) is 3.83. The van der Waals surface area contributed by atoms with Gasteiger partial charge in [-0.25, -0.2) is 0 Å². The molecule has 6 nitrogen and oxygen atoms in total. The molecule has 0 unspecified atom stereocenters. The quantitative estimate of drug-likeness (QED) is 0.375. The van der Waals surface area contributed by atoms with Gasteiger partial charge >= 0.3 is 0 Å². The van der Waals surface area contributed by atoms with Crippen LogP contribution < -0.4 is 16.0 Å². The highest BCUT2D eigenvalue weighted by molar-refractivity contribution is 5.97. The maximum atomic E-state index is 12.0. The molecule has 0 atom stereocenters. The van der Waals surface area contributed by atoms with Crippen LogP contribution in [0.5, 0.6) is 0 Å². The molecule has 23 heavy (non-hydrogen) atoms. The normalized spacial score (nSPS) is 20.6.